The highest BCUT2D eigenvalue weighted by Gasteiger charge is 2.20. The first kappa shape index (κ1) is 18.9. The van der Waals surface area contributed by atoms with Crippen molar-refractivity contribution < 1.29 is 19.0 Å². The highest BCUT2D eigenvalue weighted by Crippen LogP contribution is 2.29. The fourth-order valence-corrected chi connectivity index (χ4v) is 2.35. The van der Waals surface area contributed by atoms with Crippen LogP contribution in [0.25, 0.3) is 5.69 Å². The Hall–Kier alpha value is -2.46. The molecule has 0 bridgehead atoms. The van der Waals surface area contributed by atoms with Crippen LogP contribution in [0.5, 0.6) is 5.75 Å². The Morgan fingerprint density at radius 1 is 1.28 bits per heavy atom. The molecular formula is C14H13ClFN3O5S. The molecule has 0 aliphatic carbocycles. The molecule has 2 rings (SSSR count). The Balaban J connectivity index is 2.78. The normalized spacial score (nSPS) is 12.0. The van der Waals surface area contributed by atoms with E-state index in [1.54, 1.807) is 0 Å². The average molecular weight is 390 g/mol. The number of nitrogens with zero attached hydrogens (tertiary/aromatic N) is 3. The summed E-state index contributed by atoms with van der Waals surface area (Å²) in [5.41, 5.74) is -2.17. The van der Waals surface area contributed by atoms with Gasteiger partial charge in [-0.25, -0.2) is 23.3 Å². The summed E-state index contributed by atoms with van der Waals surface area (Å²) in [6, 6.07) is 1.82. The van der Waals surface area contributed by atoms with Gasteiger partial charge in [0, 0.05) is 20.2 Å². The molecule has 0 saturated heterocycles. The van der Waals surface area contributed by atoms with Crippen LogP contribution in [0, 0.1) is 10.6 Å². The third-order valence-electron chi connectivity index (χ3n) is 3.42. The van der Waals surface area contributed by atoms with Crippen molar-refractivity contribution >= 4 is 29.8 Å². The van der Waals surface area contributed by atoms with Crippen molar-refractivity contribution in [1.82, 2.24) is 13.7 Å². The fraction of sp³-hybridized carbons (Fsp3) is 0.286. The van der Waals surface area contributed by atoms with Gasteiger partial charge in [0.05, 0.1) is 10.7 Å². The highest BCUT2D eigenvalue weighted by atomic mass is 35.5. The number of aromatic nitrogens is 3. The highest BCUT2D eigenvalue weighted by molar-refractivity contribution is 7.71. The van der Waals surface area contributed by atoms with Crippen LogP contribution < -0.4 is 16.1 Å². The summed E-state index contributed by atoms with van der Waals surface area (Å²) < 4.78 is 22.0. The largest absolute Gasteiger partial charge is 0.479 e. The predicted molar refractivity (Wildman–Crippen MR) is 89.8 cm³/mol. The third kappa shape index (κ3) is 3.35. The van der Waals surface area contributed by atoms with Crippen molar-refractivity contribution in [2.24, 2.45) is 14.1 Å². The molecule has 0 amide bonds. The summed E-state index contributed by atoms with van der Waals surface area (Å²) in [6.45, 7) is 1.25. The van der Waals surface area contributed by atoms with Gasteiger partial charge in [0.2, 0.25) is 0 Å². The van der Waals surface area contributed by atoms with Gasteiger partial charge >= 0.3 is 17.3 Å². The van der Waals surface area contributed by atoms with Crippen molar-refractivity contribution in [3.8, 4) is 11.4 Å². The SMILES string of the molecule is CC(Oc1cc(-n2c(=O)n(C)c(=S)n(C)c2=O)c(F)cc1Cl)C(=O)O. The Kier molecular flexibility index (Phi) is 5.14. The molecule has 1 aromatic heterocycles. The van der Waals surface area contributed by atoms with Gasteiger partial charge in [-0.15, -0.1) is 0 Å². The molecule has 1 aromatic carbocycles. The molecule has 1 atom stereocenters. The molecule has 0 fully saturated rings. The Bertz CT molecular complexity index is 1000. The summed E-state index contributed by atoms with van der Waals surface area (Å²) >= 11 is 10.8. The lowest BCUT2D eigenvalue weighted by Gasteiger charge is -2.15. The number of hydrogen-bond acceptors (Lipinski definition) is 5. The number of hydrogen-bond donors (Lipinski definition) is 1. The fourth-order valence-electron chi connectivity index (χ4n) is 2.00. The lowest BCUT2D eigenvalue weighted by Crippen LogP contribution is -2.43. The van der Waals surface area contributed by atoms with E-state index in [0.29, 0.717) is 4.57 Å². The summed E-state index contributed by atoms with van der Waals surface area (Å²) in [7, 11) is 2.66. The second-order valence-corrected chi connectivity index (χ2v) is 5.91. The van der Waals surface area contributed by atoms with Crippen LogP contribution in [0.4, 0.5) is 4.39 Å². The first-order chi connectivity index (χ1) is 11.6. The standard InChI is InChI=1S/C14H13ClFN3O5S/c1-6(11(20)21)24-10-5-9(8(16)4-7(10)15)19-12(22)17(2)14(25)18(3)13(19)23/h4-6H,1-3H3,(H,20,21). The molecule has 2 aromatic rings. The molecular weight excluding hydrogens is 377 g/mol. The maximum atomic E-state index is 14.3. The molecule has 134 valence electrons. The van der Waals surface area contributed by atoms with Gasteiger partial charge < -0.3 is 9.84 Å². The van der Waals surface area contributed by atoms with Crippen LogP contribution in [-0.2, 0) is 18.9 Å². The van der Waals surface area contributed by atoms with Crippen molar-refractivity contribution in [3.05, 3.63) is 48.7 Å². The number of ether oxygens (including phenoxy) is 1. The molecule has 8 nitrogen and oxygen atoms in total. The maximum Gasteiger partial charge on any atom is 0.344 e. The van der Waals surface area contributed by atoms with Gasteiger partial charge in [-0.3, -0.25) is 9.13 Å². The Morgan fingerprint density at radius 3 is 2.28 bits per heavy atom. The summed E-state index contributed by atoms with van der Waals surface area (Å²) in [6.07, 6.45) is -1.28. The first-order valence-electron chi connectivity index (χ1n) is 6.84. The van der Waals surface area contributed by atoms with Gasteiger partial charge in [-0.05, 0) is 25.2 Å². The first-order valence-corrected chi connectivity index (χ1v) is 7.62. The molecule has 1 heterocycles. The van der Waals surface area contributed by atoms with Gasteiger partial charge in [0.1, 0.15) is 11.6 Å². The Morgan fingerprint density at radius 2 is 1.80 bits per heavy atom. The number of halogens is 2. The predicted octanol–water partition coefficient (Wildman–Crippen LogP) is 1.25. The van der Waals surface area contributed by atoms with Crippen LogP contribution in [0.2, 0.25) is 5.02 Å². The van der Waals surface area contributed by atoms with E-state index in [1.165, 1.54) is 21.0 Å². The van der Waals surface area contributed by atoms with E-state index < -0.39 is 35.0 Å². The molecule has 25 heavy (non-hydrogen) atoms. The second kappa shape index (κ2) is 6.81. The van der Waals surface area contributed by atoms with E-state index in [0.717, 1.165) is 21.3 Å². The zero-order valence-electron chi connectivity index (χ0n) is 13.3. The zero-order valence-corrected chi connectivity index (χ0v) is 14.9. The number of benzene rings is 1. The van der Waals surface area contributed by atoms with E-state index in [2.05, 4.69) is 0 Å². The number of carboxylic acid groups (broad SMARTS) is 1. The third-order valence-corrected chi connectivity index (χ3v) is 4.27. The van der Waals surface area contributed by atoms with Crippen molar-refractivity contribution in [2.75, 3.05) is 0 Å². The number of aliphatic carboxylic acids is 1. The lowest BCUT2D eigenvalue weighted by molar-refractivity contribution is -0.144. The molecule has 0 spiro atoms. The molecule has 0 aliphatic rings. The quantitative estimate of drug-likeness (QED) is 0.791. The van der Waals surface area contributed by atoms with Crippen molar-refractivity contribution in [2.45, 2.75) is 13.0 Å². The van der Waals surface area contributed by atoms with E-state index in [9.17, 15) is 18.8 Å². The average Bonchev–Trinajstić information content (AvgIpc) is 2.54. The Labute approximate surface area is 150 Å². The molecule has 1 N–H and O–H groups in total. The van der Waals surface area contributed by atoms with E-state index in [-0.39, 0.29) is 15.5 Å². The molecule has 1 unspecified atom stereocenters. The number of rotatable bonds is 4. The van der Waals surface area contributed by atoms with Crippen LogP contribution in [0.15, 0.2) is 21.7 Å². The van der Waals surface area contributed by atoms with Gasteiger partial charge in [-0.2, -0.15) is 0 Å². The molecule has 0 saturated carbocycles. The van der Waals surface area contributed by atoms with Gasteiger partial charge in [0.15, 0.2) is 10.9 Å². The summed E-state index contributed by atoms with van der Waals surface area (Å²) in [4.78, 5) is 35.6. The van der Waals surface area contributed by atoms with Crippen molar-refractivity contribution in [3.63, 3.8) is 0 Å². The smallest absolute Gasteiger partial charge is 0.344 e. The maximum absolute atomic E-state index is 14.3. The monoisotopic (exact) mass is 389 g/mol. The minimum atomic E-state index is -1.28. The van der Waals surface area contributed by atoms with Crippen molar-refractivity contribution in [1.29, 1.82) is 0 Å². The van der Waals surface area contributed by atoms with Gasteiger partial charge in [0.25, 0.3) is 0 Å². The topological polar surface area (TPSA) is 95.5 Å². The van der Waals surface area contributed by atoms with Crippen LogP contribution in [-0.4, -0.2) is 30.9 Å². The van der Waals surface area contributed by atoms with Crippen LogP contribution in [0.3, 0.4) is 0 Å². The number of carboxylic acids is 1. The lowest BCUT2D eigenvalue weighted by atomic mass is 10.2. The van der Waals surface area contributed by atoms with Gasteiger partial charge in [-0.1, -0.05) is 11.6 Å². The van der Waals surface area contributed by atoms with E-state index in [1.807, 2.05) is 0 Å². The summed E-state index contributed by atoms with van der Waals surface area (Å²) in [5, 5.41) is 8.70. The second-order valence-electron chi connectivity index (χ2n) is 5.13. The molecule has 0 radical (unpaired) electrons. The number of carbonyl (C=O) groups is 1. The van der Waals surface area contributed by atoms with Crippen LogP contribution in [0.1, 0.15) is 6.92 Å². The molecule has 0 aliphatic heterocycles. The zero-order chi connectivity index (χ0) is 19.0. The van der Waals surface area contributed by atoms with Crippen LogP contribution >= 0.6 is 23.8 Å². The minimum absolute atomic E-state index is 0.0448. The molecule has 11 heteroatoms. The minimum Gasteiger partial charge on any atom is -0.479 e. The van der Waals surface area contributed by atoms with E-state index in [4.69, 9.17) is 33.7 Å². The van der Waals surface area contributed by atoms with E-state index >= 15 is 0 Å². The summed E-state index contributed by atoms with van der Waals surface area (Å²) in [5.74, 6) is -2.42.